The number of amides is 1. The Morgan fingerprint density at radius 3 is 3.08 bits per heavy atom. The molecule has 0 aliphatic heterocycles. The molecule has 0 aromatic carbocycles. The van der Waals surface area contributed by atoms with E-state index >= 15 is 0 Å². The van der Waals surface area contributed by atoms with Crippen molar-refractivity contribution in [3.63, 3.8) is 0 Å². The minimum absolute atomic E-state index is 0.333. The highest BCUT2D eigenvalue weighted by Crippen LogP contribution is 1.98. The monoisotopic (exact) mass is 165 g/mol. The Bertz CT molecular complexity index is 322. The second-order valence-electron chi connectivity index (χ2n) is 2.08. The predicted octanol–water partition coefficient (Wildman–Crippen LogP) is -0.0114. The molecule has 0 fully saturated rings. The topological polar surface area (TPSA) is 88.6 Å². The Hall–Kier alpha value is -1.91. The molecule has 0 spiro atoms. The summed E-state index contributed by atoms with van der Waals surface area (Å²) in [5.41, 5.74) is 5.72. The number of hydrogen-bond acceptors (Lipinski definition) is 4. The summed E-state index contributed by atoms with van der Waals surface area (Å²) in [6.45, 7) is 0. The number of nitrogens with zero attached hydrogens (tertiary/aromatic N) is 2. The van der Waals surface area contributed by atoms with Crippen LogP contribution in [0.15, 0.2) is 23.5 Å². The van der Waals surface area contributed by atoms with Crippen molar-refractivity contribution in [2.75, 3.05) is 0 Å². The number of hydrogen-bond donors (Lipinski definition) is 2. The lowest BCUT2D eigenvalue weighted by atomic mass is 10.2. The van der Waals surface area contributed by atoms with Crippen LogP contribution in [-0.2, 0) is 0 Å². The van der Waals surface area contributed by atoms with Gasteiger partial charge >= 0.3 is 0 Å². The third kappa shape index (κ3) is 1.79. The lowest BCUT2D eigenvalue weighted by molar-refractivity contribution is 0.1000. The molecule has 1 aromatic heterocycles. The molecule has 0 unspecified atom stereocenters. The molecule has 1 aromatic rings. The fraction of sp³-hybridized carbons (Fsp3) is 0. The van der Waals surface area contributed by atoms with Gasteiger partial charge in [-0.05, 0) is 12.1 Å². The van der Waals surface area contributed by atoms with Gasteiger partial charge in [0.05, 0.1) is 11.9 Å². The van der Waals surface area contributed by atoms with Gasteiger partial charge in [-0.1, -0.05) is 5.16 Å². The van der Waals surface area contributed by atoms with Gasteiger partial charge < -0.3 is 10.9 Å². The van der Waals surface area contributed by atoms with E-state index in [-0.39, 0.29) is 0 Å². The van der Waals surface area contributed by atoms with Gasteiger partial charge in [0.25, 0.3) is 0 Å². The molecule has 0 aliphatic rings. The van der Waals surface area contributed by atoms with Crippen LogP contribution in [0.2, 0.25) is 0 Å². The molecule has 0 saturated heterocycles. The van der Waals surface area contributed by atoms with Gasteiger partial charge in [0, 0.05) is 11.8 Å². The van der Waals surface area contributed by atoms with Crippen LogP contribution < -0.4 is 5.73 Å². The van der Waals surface area contributed by atoms with Crippen molar-refractivity contribution in [3.8, 4) is 0 Å². The van der Waals surface area contributed by atoms with E-state index in [0.717, 1.165) is 6.21 Å². The molecule has 0 radical (unpaired) electrons. The van der Waals surface area contributed by atoms with E-state index in [4.69, 9.17) is 10.9 Å². The second kappa shape index (κ2) is 3.47. The summed E-state index contributed by atoms with van der Waals surface area (Å²) in [7, 11) is 0. The van der Waals surface area contributed by atoms with Gasteiger partial charge in [-0.15, -0.1) is 0 Å². The first-order chi connectivity index (χ1) is 5.74. The summed E-state index contributed by atoms with van der Waals surface area (Å²) in [5, 5.41) is 10.9. The molecule has 12 heavy (non-hydrogen) atoms. The SMILES string of the molecule is NC(=O)c1ccnc(/C=N/O)c1. The van der Waals surface area contributed by atoms with Crippen LogP contribution in [0, 0.1) is 0 Å². The molecule has 1 heterocycles. The summed E-state index contributed by atoms with van der Waals surface area (Å²) >= 11 is 0. The molecule has 1 rings (SSSR count). The highest BCUT2D eigenvalue weighted by molar-refractivity contribution is 5.94. The average molecular weight is 165 g/mol. The molecule has 0 saturated carbocycles. The summed E-state index contributed by atoms with van der Waals surface area (Å²) < 4.78 is 0. The van der Waals surface area contributed by atoms with Crippen molar-refractivity contribution < 1.29 is 10.0 Å². The molecule has 62 valence electrons. The summed E-state index contributed by atoms with van der Waals surface area (Å²) in [6, 6.07) is 2.92. The maximum Gasteiger partial charge on any atom is 0.248 e. The zero-order chi connectivity index (χ0) is 8.97. The smallest absolute Gasteiger partial charge is 0.248 e. The number of carbonyl (C=O) groups is 1. The molecular weight excluding hydrogens is 158 g/mol. The normalized spacial score (nSPS) is 10.3. The van der Waals surface area contributed by atoms with E-state index < -0.39 is 5.91 Å². The Kier molecular flexibility index (Phi) is 2.37. The standard InChI is InChI=1S/C7H7N3O2/c8-7(11)5-1-2-9-6(3-5)4-10-12/h1-4,12H,(H2,8,11)/b10-4+. The lowest BCUT2D eigenvalue weighted by Gasteiger charge is -1.94. The molecule has 1 amide bonds. The summed E-state index contributed by atoms with van der Waals surface area (Å²) in [4.78, 5) is 14.4. The van der Waals surface area contributed by atoms with Crippen LogP contribution in [0.25, 0.3) is 0 Å². The quantitative estimate of drug-likeness (QED) is 0.367. The van der Waals surface area contributed by atoms with Crippen molar-refractivity contribution in [3.05, 3.63) is 29.6 Å². The highest BCUT2D eigenvalue weighted by atomic mass is 16.4. The second-order valence-corrected chi connectivity index (χ2v) is 2.08. The third-order valence-corrected chi connectivity index (χ3v) is 1.26. The lowest BCUT2D eigenvalue weighted by Crippen LogP contribution is -2.11. The Labute approximate surface area is 68.5 Å². The first kappa shape index (κ1) is 8.19. The van der Waals surface area contributed by atoms with Crippen LogP contribution in [-0.4, -0.2) is 22.3 Å². The molecule has 3 N–H and O–H groups in total. The first-order valence-electron chi connectivity index (χ1n) is 3.17. The van der Waals surface area contributed by atoms with Crippen LogP contribution in [0.3, 0.4) is 0 Å². The molecule has 0 atom stereocenters. The first-order valence-corrected chi connectivity index (χ1v) is 3.17. The van der Waals surface area contributed by atoms with Crippen molar-refractivity contribution in [2.45, 2.75) is 0 Å². The van der Waals surface area contributed by atoms with Gasteiger partial charge in [-0.2, -0.15) is 0 Å². The Morgan fingerprint density at radius 2 is 2.50 bits per heavy atom. The minimum atomic E-state index is -0.537. The largest absolute Gasteiger partial charge is 0.411 e. The molecule has 0 bridgehead atoms. The van der Waals surface area contributed by atoms with E-state index in [1.807, 2.05) is 0 Å². The van der Waals surface area contributed by atoms with Crippen molar-refractivity contribution in [1.82, 2.24) is 4.98 Å². The van der Waals surface area contributed by atoms with Gasteiger partial charge in [-0.25, -0.2) is 0 Å². The number of nitrogens with two attached hydrogens (primary N) is 1. The summed E-state index contributed by atoms with van der Waals surface area (Å²) in [5.74, 6) is -0.537. The number of carbonyl (C=O) groups excluding carboxylic acids is 1. The highest BCUT2D eigenvalue weighted by Gasteiger charge is 1.99. The molecule has 5 heteroatoms. The van der Waals surface area contributed by atoms with E-state index in [0.29, 0.717) is 11.3 Å². The minimum Gasteiger partial charge on any atom is -0.411 e. The average Bonchev–Trinajstić information content (AvgIpc) is 2.05. The van der Waals surface area contributed by atoms with Crippen LogP contribution in [0.5, 0.6) is 0 Å². The van der Waals surface area contributed by atoms with Crippen molar-refractivity contribution >= 4 is 12.1 Å². The van der Waals surface area contributed by atoms with Gasteiger partial charge in [0.2, 0.25) is 5.91 Å². The third-order valence-electron chi connectivity index (χ3n) is 1.26. The van der Waals surface area contributed by atoms with Crippen LogP contribution in [0.1, 0.15) is 16.1 Å². The Morgan fingerprint density at radius 1 is 1.75 bits per heavy atom. The van der Waals surface area contributed by atoms with E-state index in [1.165, 1.54) is 18.3 Å². The molecule has 0 aliphatic carbocycles. The van der Waals surface area contributed by atoms with Gasteiger partial charge in [0.1, 0.15) is 0 Å². The van der Waals surface area contributed by atoms with Gasteiger partial charge in [0.15, 0.2) is 0 Å². The van der Waals surface area contributed by atoms with Gasteiger partial charge in [-0.3, -0.25) is 9.78 Å². The predicted molar refractivity (Wildman–Crippen MR) is 42.1 cm³/mol. The molecule has 5 nitrogen and oxygen atoms in total. The number of oxime groups is 1. The fourth-order valence-electron chi connectivity index (χ4n) is 0.731. The number of rotatable bonds is 2. The number of pyridine rings is 1. The zero-order valence-electron chi connectivity index (χ0n) is 6.14. The number of primary amides is 1. The van der Waals surface area contributed by atoms with Crippen molar-refractivity contribution in [1.29, 1.82) is 0 Å². The fourth-order valence-corrected chi connectivity index (χ4v) is 0.731. The van der Waals surface area contributed by atoms with Crippen molar-refractivity contribution in [2.24, 2.45) is 10.9 Å². The van der Waals surface area contributed by atoms with E-state index in [9.17, 15) is 4.79 Å². The Balaban J connectivity index is 3.03. The number of aromatic nitrogens is 1. The van der Waals surface area contributed by atoms with E-state index in [2.05, 4.69) is 10.1 Å². The van der Waals surface area contributed by atoms with Crippen LogP contribution >= 0.6 is 0 Å². The maximum atomic E-state index is 10.6. The van der Waals surface area contributed by atoms with Crippen LogP contribution in [0.4, 0.5) is 0 Å². The summed E-state index contributed by atoms with van der Waals surface area (Å²) in [6.07, 6.45) is 2.53. The van der Waals surface area contributed by atoms with E-state index in [1.54, 1.807) is 0 Å². The maximum absolute atomic E-state index is 10.6. The zero-order valence-corrected chi connectivity index (χ0v) is 6.14. The molecular formula is C7H7N3O2.